The highest BCUT2D eigenvalue weighted by molar-refractivity contribution is 8.42. The molecule has 4 heteroatoms. The molecule has 0 aromatic carbocycles. The summed E-state index contributed by atoms with van der Waals surface area (Å²) in [6.45, 7) is 0. The van der Waals surface area contributed by atoms with Crippen LogP contribution in [-0.2, 0) is 29.4 Å². The molecule has 0 aliphatic heterocycles. The van der Waals surface area contributed by atoms with Crippen LogP contribution in [-0.4, -0.2) is 8.95 Å². The van der Waals surface area contributed by atoms with Gasteiger partial charge in [-0.2, -0.15) is 0 Å². The van der Waals surface area contributed by atoms with Gasteiger partial charge in [-0.05, 0) is 20.1 Å². The van der Waals surface area contributed by atoms with Crippen molar-refractivity contribution in [1.82, 2.24) is 0 Å². The molecule has 0 aliphatic carbocycles. The predicted molar refractivity (Wildman–Crippen MR) is 30.6 cm³/mol. The summed E-state index contributed by atoms with van der Waals surface area (Å²) in [5, 5.41) is 0. The van der Waals surface area contributed by atoms with Crippen LogP contribution in [0.15, 0.2) is 0 Å². The fourth-order valence-electron chi connectivity index (χ4n) is 0. The zero-order chi connectivity index (χ0) is 3.41. The first-order valence-electron chi connectivity index (χ1n) is 0.622. The molecule has 0 rings (SSSR count). The maximum absolute atomic E-state index is 4.44. The molecule has 0 atom stereocenters. The second-order valence-electron chi connectivity index (χ2n) is 0.186. The molecule has 0 saturated carbocycles. The van der Waals surface area contributed by atoms with Crippen LogP contribution in [0.4, 0.5) is 0 Å². The van der Waals surface area contributed by atoms with Crippen LogP contribution in [0.2, 0.25) is 0 Å². The Kier molecular flexibility index (Phi) is 4.73. The van der Waals surface area contributed by atoms with Gasteiger partial charge in [0.25, 0.3) is 0 Å². The molecule has 0 aromatic heterocycles. The highest BCUT2D eigenvalue weighted by Crippen LogP contribution is 1.10. The SMILES string of the molecule is [SiH2]=S=S=S. The van der Waals surface area contributed by atoms with Gasteiger partial charge in [-0.15, -0.1) is 9.32 Å². The summed E-state index contributed by atoms with van der Waals surface area (Å²) < 4.78 is 0. The molecular formula is H2S3Si. The Morgan fingerprint density at radius 1 is 1.75 bits per heavy atom. The van der Waals surface area contributed by atoms with Crippen LogP contribution in [0, 0.1) is 0 Å². The van der Waals surface area contributed by atoms with Crippen LogP contribution in [0.25, 0.3) is 0 Å². The van der Waals surface area contributed by atoms with Gasteiger partial charge in [-0.25, -0.2) is 0 Å². The van der Waals surface area contributed by atoms with Gasteiger partial charge in [0.2, 0.25) is 0 Å². The molecule has 0 saturated heterocycles. The van der Waals surface area contributed by atoms with Gasteiger partial charge < -0.3 is 0 Å². The highest BCUT2D eigenvalue weighted by atomic mass is 33.1. The maximum Gasteiger partial charge on any atom is 0.0632 e. The average molecular weight is 126 g/mol. The lowest BCUT2D eigenvalue weighted by molar-refractivity contribution is 5.45. The number of hydrogen-bond acceptors (Lipinski definition) is 1. The van der Waals surface area contributed by atoms with Crippen LogP contribution in [0.3, 0.4) is 0 Å². The summed E-state index contributed by atoms with van der Waals surface area (Å²) in [5.41, 5.74) is 0. The molecule has 0 heterocycles. The fraction of sp³-hybridized carbons (Fsp3) is 0. The van der Waals surface area contributed by atoms with Crippen molar-refractivity contribution in [1.29, 1.82) is 0 Å². The standard InChI is InChI=1S/H2S3Si/c1-2-3-4/h4H2. The van der Waals surface area contributed by atoms with E-state index in [9.17, 15) is 0 Å². The summed E-state index contributed by atoms with van der Waals surface area (Å²) in [6, 6.07) is 0. The van der Waals surface area contributed by atoms with Crippen LogP contribution < -0.4 is 0 Å². The third kappa shape index (κ3) is 2.88. The van der Waals surface area contributed by atoms with E-state index in [1.165, 1.54) is 8.88 Å². The third-order valence-electron chi connectivity index (χ3n) is 0.0481. The topological polar surface area (TPSA) is 0 Å². The van der Waals surface area contributed by atoms with Crippen molar-refractivity contribution in [2.45, 2.75) is 0 Å². The molecule has 24 valence electrons. The normalized spacial score (nSPS) is 5.00. The van der Waals surface area contributed by atoms with Crippen molar-refractivity contribution in [3.63, 3.8) is 0 Å². The van der Waals surface area contributed by atoms with E-state index >= 15 is 0 Å². The van der Waals surface area contributed by atoms with Crippen molar-refractivity contribution < 1.29 is 0 Å². The summed E-state index contributed by atoms with van der Waals surface area (Å²) in [4.78, 5) is 0. The van der Waals surface area contributed by atoms with E-state index < -0.39 is 0 Å². The highest BCUT2D eigenvalue weighted by Gasteiger charge is 1.10. The van der Waals surface area contributed by atoms with Gasteiger partial charge in [0.05, 0.1) is 8.95 Å². The monoisotopic (exact) mass is 126 g/mol. The van der Waals surface area contributed by atoms with E-state index in [1.54, 1.807) is 18.3 Å². The minimum absolute atomic E-state index is 1.37. The molecule has 0 unspecified atom stereocenters. The largest absolute Gasteiger partial charge is 0.127 e. The Morgan fingerprint density at radius 3 is 2.00 bits per heavy atom. The molecule has 0 aliphatic rings. The first-order chi connectivity index (χ1) is 1.91. The Bertz CT molecular complexity index is 53.4. The lowest BCUT2D eigenvalue weighted by atomic mass is 28.0. The molecular weight excluding hydrogens is 124 g/mol. The van der Waals surface area contributed by atoms with Gasteiger partial charge in [-0.1, -0.05) is 0 Å². The van der Waals surface area contributed by atoms with E-state index in [1.807, 2.05) is 0 Å². The van der Waals surface area contributed by atoms with Crippen molar-refractivity contribution in [2.24, 2.45) is 0 Å². The van der Waals surface area contributed by atoms with Crippen molar-refractivity contribution >= 4 is 38.3 Å². The lowest BCUT2D eigenvalue weighted by Gasteiger charge is -1.19. The molecule has 0 N–H and O–H groups in total. The van der Waals surface area contributed by atoms with Crippen LogP contribution in [0.1, 0.15) is 0 Å². The second-order valence-corrected chi connectivity index (χ2v) is 5.02. The molecule has 0 spiro atoms. The van der Waals surface area contributed by atoms with E-state index in [4.69, 9.17) is 0 Å². The van der Waals surface area contributed by atoms with E-state index in [-0.39, 0.29) is 0 Å². The van der Waals surface area contributed by atoms with Gasteiger partial charge in [0.15, 0.2) is 0 Å². The van der Waals surface area contributed by atoms with E-state index in [0.717, 1.165) is 0 Å². The minimum Gasteiger partial charge on any atom is -0.127 e. The Labute approximate surface area is 38.6 Å². The smallest absolute Gasteiger partial charge is 0.0632 e. The van der Waals surface area contributed by atoms with Crippen LogP contribution in [0.5, 0.6) is 0 Å². The zero-order valence-electron chi connectivity index (χ0n) is 1.93. The lowest BCUT2D eigenvalue weighted by Crippen LogP contribution is -1.22. The van der Waals surface area contributed by atoms with E-state index in [0.29, 0.717) is 0 Å². The van der Waals surface area contributed by atoms with Gasteiger partial charge in [0, 0.05) is 0 Å². The fourth-order valence-corrected chi connectivity index (χ4v) is 0. The maximum atomic E-state index is 4.44. The van der Waals surface area contributed by atoms with Gasteiger partial charge >= 0.3 is 0 Å². The summed E-state index contributed by atoms with van der Waals surface area (Å²) in [5.74, 6) is 0. The van der Waals surface area contributed by atoms with Crippen molar-refractivity contribution in [2.75, 3.05) is 0 Å². The van der Waals surface area contributed by atoms with Gasteiger partial charge in [0.1, 0.15) is 0 Å². The van der Waals surface area contributed by atoms with Gasteiger partial charge in [-0.3, -0.25) is 0 Å². The molecule has 4 heavy (non-hydrogen) atoms. The number of rotatable bonds is 0. The first-order valence-corrected chi connectivity index (χ1v) is 5.60. The first kappa shape index (κ1) is 4.88. The number of hydrogen-bond donors (Lipinski definition) is 0. The molecule has 0 radical (unpaired) electrons. The van der Waals surface area contributed by atoms with Crippen LogP contribution >= 0.6 is 0 Å². The summed E-state index contributed by atoms with van der Waals surface area (Å²) >= 11 is 4.44. The summed E-state index contributed by atoms with van der Waals surface area (Å²) in [6.07, 6.45) is 0. The Morgan fingerprint density at radius 2 is 2.00 bits per heavy atom. The average Bonchev–Trinajstić information content (AvgIpc) is 1.37. The molecule has 0 aromatic rings. The quantitative estimate of drug-likeness (QED) is 0.378. The third-order valence-corrected chi connectivity index (χ3v) is 3.90. The Balaban J connectivity index is 3.95. The Hall–Kier alpha value is 0.877. The van der Waals surface area contributed by atoms with Crippen molar-refractivity contribution in [3.8, 4) is 0 Å². The second kappa shape index (κ2) is 3.88. The molecule has 0 amide bonds. The molecule has 0 fully saturated rings. The zero-order valence-corrected chi connectivity index (χ0v) is 5.80. The molecule has 0 nitrogen and oxygen atoms in total. The van der Waals surface area contributed by atoms with E-state index in [2.05, 4.69) is 11.2 Å². The minimum atomic E-state index is 1.37. The molecule has 0 bridgehead atoms. The summed E-state index contributed by atoms with van der Waals surface area (Å²) in [7, 11) is 4.78. The van der Waals surface area contributed by atoms with Crippen molar-refractivity contribution in [3.05, 3.63) is 0 Å². The predicted octanol–water partition coefficient (Wildman–Crippen LogP) is -0.923.